The van der Waals surface area contributed by atoms with E-state index in [0.717, 1.165) is 12.8 Å². The summed E-state index contributed by atoms with van der Waals surface area (Å²) < 4.78 is 5.35. The molecule has 1 unspecified atom stereocenters. The first-order chi connectivity index (χ1) is 8.70. The van der Waals surface area contributed by atoms with Gasteiger partial charge in [-0.1, -0.05) is 0 Å². The molecular weight excluding hydrogens is 230 g/mol. The van der Waals surface area contributed by atoms with Gasteiger partial charge in [0.25, 0.3) is 0 Å². The standard InChI is InChI=1S/C13H19N3O2/c1-2-18-13-11(4-3-7-15-13)16-12(17)8-10(14)9-5-6-9/h3-4,7,9-10H,2,5-6,8,14H2,1H3,(H,16,17). The fourth-order valence-corrected chi connectivity index (χ4v) is 1.84. The SMILES string of the molecule is CCOc1ncccc1NC(=O)CC(N)C1CC1. The number of aromatic nitrogens is 1. The van der Waals surface area contributed by atoms with Gasteiger partial charge in [-0.3, -0.25) is 4.79 Å². The zero-order valence-electron chi connectivity index (χ0n) is 10.6. The Labute approximate surface area is 107 Å². The molecule has 1 aromatic rings. The van der Waals surface area contributed by atoms with Gasteiger partial charge in [0.05, 0.1) is 6.61 Å². The van der Waals surface area contributed by atoms with E-state index < -0.39 is 0 Å². The molecule has 1 aromatic heterocycles. The number of anilines is 1. The zero-order valence-corrected chi connectivity index (χ0v) is 10.6. The van der Waals surface area contributed by atoms with Gasteiger partial charge in [0, 0.05) is 18.7 Å². The monoisotopic (exact) mass is 249 g/mol. The second-order valence-corrected chi connectivity index (χ2v) is 4.54. The van der Waals surface area contributed by atoms with Crippen molar-refractivity contribution in [3.8, 4) is 5.88 Å². The summed E-state index contributed by atoms with van der Waals surface area (Å²) in [5.41, 5.74) is 6.53. The molecule has 18 heavy (non-hydrogen) atoms. The second-order valence-electron chi connectivity index (χ2n) is 4.54. The first-order valence-corrected chi connectivity index (χ1v) is 6.34. The van der Waals surface area contributed by atoms with Crippen LogP contribution in [-0.2, 0) is 4.79 Å². The molecular formula is C13H19N3O2. The maximum absolute atomic E-state index is 11.8. The maximum Gasteiger partial charge on any atom is 0.237 e. The molecule has 5 heteroatoms. The Morgan fingerprint density at radius 2 is 2.44 bits per heavy atom. The Kier molecular flexibility index (Phi) is 4.15. The van der Waals surface area contributed by atoms with Crippen LogP contribution in [0.1, 0.15) is 26.2 Å². The van der Waals surface area contributed by atoms with Crippen molar-refractivity contribution >= 4 is 11.6 Å². The second kappa shape index (κ2) is 5.82. The summed E-state index contributed by atoms with van der Waals surface area (Å²) in [4.78, 5) is 15.9. The molecule has 1 fully saturated rings. The predicted molar refractivity (Wildman–Crippen MR) is 69.4 cm³/mol. The van der Waals surface area contributed by atoms with Crippen molar-refractivity contribution in [2.45, 2.75) is 32.2 Å². The minimum absolute atomic E-state index is 0.0304. The topological polar surface area (TPSA) is 77.2 Å². The number of amides is 1. The first-order valence-electron chi connectivity index (χ1n) is 6.34. The Bertz CT molecular complexity index is 418. The molecule has 1 aliphatic rings. The number of hydrogen-bond acceptors (Lipinski definition) is 4. The highest BCUT2D eigenvalue weighted by atomic mass is 16.5. The molecule has 0 spiro atoms. The normalized spacial score (nSPS) is 16.1. The van der Waals surface area contributed by atoms with Crippen LogP contribution in [0.4, 0.5) is 5.69 Å². The van der Waals surface area contributed by atoms with E-state index in [1.54, 1.807) is 18.3 Å². The molecule has 2 rings (SSSR count). The molecule has 1 saturated carbocycles. The van der Waals surface area contributed by atoms with Gasteiger partial charge in [-0.2, -0.15) is 0 Å². The molecule has 0 radical (unpaired) electrons. The van der Waals surface area contributed by atoms with Crippen LogP contribution < -0.4 is 15.8 Å². The molecule has 3 N–H and O–H groups in total. The van der Waals surface area contributed by atoms with Gasteiger partial charge in [0.1, 0.15) is 5.69 Å². The number of nitrogens with zero attached hydrogens (tertiary/aromatic N) is 1. The summed E-state index contributed by atoms with van der Waals surface area (Å²) in [5, 5.41) is 2.80. The molecule has 1 aliphatic carbocycles. The number of hydrogen-bond donors (Lipinski definition) is 2. The van der Waals surface area contributed by atoms with Crippen molar-refractivity contribution in [2.75, 3.05) is 11.9 Å². The number of ether oxygens (including phenoxy) is 1. The number of rotatable bonds is 6. The number of carbonyl (C=O) groups excluding carboxylic acids is 1. The van der Waals surface area contributed by atoms with Crippen molar-refractivity contribution in [3.05, 3.63) is 18.3 Å². The van der Waals surface area contributed by atoms with Gasteiger partial charge < -0.3 is 15.8 Å². The molecule has 0 bridgehead atoms. The third-order valence-electron chi connectivity index (χ3n) is 2.97. The summed E-state index contributed by atoms with van der Waals surface area (Å²) in [6.07, 6.45) is 4.28. The largest absolute Gasteiger partial charge is 0.476 e. The summed E-state index contributed by atoms with van der Waals surface area (Å²) in [6, 6.07) is 3.51. The average Bonchev–Trinajstić information content (AvgIpc) is 3.15. The molecule has 0 saturated heterocycles. The molecule has 1 amide bonds. The van der Waals surface area contributed by atoms with Crippen LogP contribution >= 0.6 is 0 Å². The van der Waals surface area contributed by atoms with Crippen LogP contribution in [0.15, 0.2) is 18.3 Å². The Hall–Kier alpha value is -1.62. The van der Waals surface area contributed by atoms with E-state index in [-0.39, 0.29) is 11.9 Å². The van der Waals surface area contributed by atoms with E-state index in [9.17, 15) is 4.79 Å². The lowest BCUT2D eigenvalue weighted by Crippen LogP contribution is -2.29. The van der Waals surface area contributed by atoms with Gasteiger partial charge in [-0.15, -0.1) is 0 Å². The molecule has 1 heterocycles. The van der Waals surface area contributed by atoms with Crippen LogP contribution in [0.3, 0.4) is 0 Å². The molecule has 1 atom stereocenters. The summed E-state index contributed by atoms with van der Waals surface area (Å²) in [6.45, 7) is 2.39. The first kappa shape index (κ1) is 12.8. The van der Waals surface area contributed by atoms with Gasteiger partial charge in [0.2, 0.25) is 11.8 Å². The van der Waals surface area contributed by atoms with E-state index in [2.05, 4.69) is 10.3 Å². The van der Waals surface area contributed by atoms with Gasteiger partial charge >= 0.3 is 0 Å². The van der Waals surface area contributed by atoms with Gasteiger partial charge in [-0.25, -0.2) is 4.98 Å². The van der Waals surface area contributed by atoms with Crippen LogP contribution in [0.5, 0.6) is 5.88 Å². The van der Waals surface area contributed by atoms with E-state index >= 15 is 0 Å². The third kappa shape index (κ3) is 3.43. The Balaban J connectivity index is 1.93. The van der Waals surface area contributed by atoms with E-state index in [1.807, 2.05) is 6.92 Å². The van der Waals surface area contributed by atoms with E-state index in [0.29, 0.717) is 30.5 Å². The number of nitrogens with two attached hydrogens (primary N) is 1. The fourth-order valence-electron chi connectivity index (χ4n) is 1.84. The van der Waals surface area contributed by atoms with Gasteiger partial charge in [-0.05, 0) is 37.8 Å². The maximum atomic E-state index is 11.8. The Morgan fingerprint density at radius 1 is 1.67 bits per heavy atom. The van der Waals surface area contributed by atoms with Crippen LogP contribution in [-0.4, -0.2) is 23.5 Å². The smallest absolute Gasteiger partial charge is 0.237 e. The lowest BCUT2D eigenvalue weighted by Gasteiger charge is -2.12. The fraction of sp³-hybridized carbons (Fsp3) is 0.538. The van der Waals surface area contributed by atoms with Crippen molar-refractivity contribution in [3.63, 3.8) is 0 Å². The summed E-state index contributed by atoms with van der Waals surface area (Å²) in [7, 11) is 0. The van der Waals surface area contributed by atoms with Gasteiger partial charge in [0.15, 0.2) is 0 Å². The predicted octanol–water partition coefficient (Wildman–Crippen LogP) is 1.55. The van der Waals surface area contributed by atoms with Crippen molar-refractivity contribution in [1.82, 2.24) is 4.98 Å². The molecule has 0 aromatic carbocycles. The quantitative estimate of drug-likeness (QED) is 0.801. The number of pyridine rings is 1. The lowest BCUT2D eigenvalue weighted by molar-refractivity contribution is -0.116. The lowest BCUT2D eigenvalue weighted by atomic mass is 10.1. The van der Waals surface area contributed by atoms with E-state index in [4.69, 9.17) is 10.5 Å². The highest BCUT2D eigenvalue weighted by Gasteiger charge is 2.29. The molecule has 98 valence electrons. The summed E-state index contributed by atoms with van der Waals surface area (Å²) >= 11 is 0. The Morgan fingerprint density at radius 3 is 3.11 bits per heavy atom. The van der Waals surface area contributed by atoms with Crippen molar-refractivity contribution in [1.29, 1.82) is 0 Å². The minimum Gasteiger partial charge on any atom is -0.476 e. The number of carbonyl (C=O) groups is 1. The van der Waals surface area contributed by atoms with Crippen molar-refractivity contribution < 1.29 is 9.53 Å². The zero-order chi connectivity index (χ0) is 13.0. The summed E-state index contributed by atoms with van der Waals surface area (Å²) in [5.74, 6) is 0.896. The average molecular weight is 249 g/mol. The third-order valence-corrected chi connectivity index (χ3v) is 2.97. The highest BCUT2D eigenvalue weighted by Crippen LogP contribution is 2.33. The van der Waals surface area contributed by atoms with Crippen LogP contribution in [0.2, 0.25) is 0 Å². The van der Waals surface area contributed by atoms with Crippen LogP contribution in [0.25, 0.3) is 0 Å². The van der Waals surface area contributed by atoms with Crippen LogP contribution in [0, 0.1) is 5.92 Å². The molecule has 0 aliphatic heterocycles. The van der Waals surface area contributed by atoms with Crippen molar-refractivity contribution in [2.24, 2.45) is 11.7 Å². The number of nitrogens with one attached hydrogen (secondary N) is 1. The highest BCUT2D eigenvalue weighted by molar-refractivity contribution is 5.92. The minimum atomic E-state index is -0.0802. The molecule has 5 nitrogen and oxygen atoms in total. The van der Waals surface area contributed by atoms with E-state index in [1.165, 1.54) is 0 Å².